The molecule has 0 saturated heterocycles. The third-order valence-electron chi connectivity index (χ3n) is 7.11. The minimum Gasteiger partial charge on any atom is -0.0616 e. The Labute approximate surface area is 132 Å². The highest BCUT2D eigenvalue weighted by Gasteiger charge is 2.59. The SMILES string of the molecule is CC12CCC(c3ccc4c(ccc5ccccc54)c31)C2(C)C. The summed E-state index contributed by atoms with van der Waals surface area (Å²) in [5.74, 6) is 0.739. The fraction of sp³-hybridized carbons (Fsp3) is 0.364. The molecular formula is C22H22. The second kappa shape index (κ2) is 3.74. The monoisotopic (exact) mass is 286 g/mol. The second-order valence-corrected chi connectivity index (χ2v) is 8.06. The summed E-state index contributed by atoms with van der Waals surface area (Å²) in [4.78, 5) is 0. The molecule has 0 spiro atoms. The summed E-state index contributed by atoms with van der Waals surface area (Å²) in [6, 6.07) is 18.3. The van der Waals surface area contributed by atoms with Crippen LogP contribution >= 0.6 is 0 Å². The van der Waals surface area contributed by atoms with E-state index >= 15 is 0 Å². The number of benzene rings is 3. The maximum absolute atomic E-state index is 2.51. The van der Waals surface area contributed by atoms with Gasteiger partial charge in [0, 0.05) is 0 Å². The van der Waals surface area contributed by atoms with Crippen molar-refractivity contribution in [2.75, 3.05) is 0 Å². The Morgan fingerprint density at radius 3 is 2.45 bits per heavy atom. The fourth-order valence-corrected chi connectivity index (χ4v) is 5.50. The maximum atomic E-state index is 2.51. The zero-order valence-corrected chi connectivity index (χ0v) is 13.6. The Hall–Kier alpha value is -1.82. The largest absolute Gasteiger partial charge is 0.0616 e. The molecule has 3 aromatic rings. The Morgan fingerprint density at radius 2 is 1.59 bits per heavy atom. The van der Waals surface area contributed by atoms with Crippen LogP contribution in [0.1, 0.15) is 50.7 Å². The molecule has 110 valence electrons. The highest BCUT2D eigenvalue weighted by Crippen LogP contribution is 2.68. The molecule has 0 N–H and O–H groups in total. The summed E-state index contributed by atoms with van der Waals surface area (Å²) in [5.41, 5.74) is 3.99. The minimum atomic E-state index is 0.328. The maximum Gasteiger partial charge on any atom is -0.000912 e. The average molecular weight is 286 g/mol. The molecule has 5 rings (SSSR count). The van der Waals surface area contributed by atoms with Gasteiger partial charge < -0.3 is 0 Å². The lowest BCUT2D eigenvalue weighted by Gasteiger charge is -2.36. The molecule has 2 aliphatic rings. The number of rotatable bonds is 0. The van der Waals surface area contributed by atoms with E-state index in [0.29, 0.717) is 10.8 Å². The van der Waals surface area contributed by atoms with Gasteiger partial charge in [0.05, 0.1) is 0 Å². The summed E-state index contributed by atoms with van der Waals surface area (Å²) >= 11 is 0. The van der Waals surface area contributed by atoms with Crippen LogP contribution in [0.5, 0.6) is 0 Å². The third-order valence-corrected chi connectivity index (χ3v) is 7.11. The van der Waals surface area contributed by atoms with Crippen molar-refractivity contribution in [3.05, 3.63) is 59.7 Å². The van der Waals surface area contributed by atoms with E-state index in [1.165, 1.54) is 34.4 Å². The Morgan fingerprint density at radius 1 is 0.818 bits per heavy atom. The summed E-state index contributed by atoms with van der Waals surface area (Å²) in [5, 5.41) is 5.67. The van der Waals surface area contributed by atoms with Gasteiger partial charge in [-0.3, -0.25) is 0 Å². The second-order valence-electron chi connectivity index (χ2n) is 8.06. The fourth-order valence-electron chi connectivity index (χ4n) is 5.50. The van der Waals surface area contributed by atoms with Crippen LogP contribution in [-0.2, 0) is 5.41 Å². The first kappa shape index (κ1) is 12.7. The van der Waals surface area contributed by atoms with E-state index in [1.54, 1.807) is 11.1 Å². The molecule has 3 aromatic carbocycles. The van der Waals surface area contributed by atoms with Gasteiger partial charge in [-0.1, -0.05) is 69.3 Å². The van der Waals surface area contributed by atoms with Crippen molar-refractivity contribution in [3.63, 3.8) is 0 Å². The Balaban J connectivity index is 1.95. The van der Waals surface area contributed by atoms with Crippen molar-refractivity contribution in [2.45, 2.75) is 44.9 Å². The Kier molecular flexibility index (Phi) is 2.16. The van der Waals surface area contributed by atoms with Crippen molar-refractivity contribution in [1.29, 1.82) is 0 Å². The lowest BCUT2D eigenvalue weighted by atomic mass is 9.68. The van der Waals surface area contributed by atoms with Gasteiger partial charge in [-0.25, -0.2) is 0 Å². The first-order valence-corrected chi connectivity index (χ1v) is 8.49. The van der Waals surface area contributed by atoms with Gasteiger partial charge in [0.15, 0.2) is 0 Å². The van der Waals surface area contributed by atoms with Gasteiger partial charge in [-0.05, 0) is 62.3 Å². The molecule has 0 heteroatoms. The van der Waals surface area contributed by atoms with Gasteiger partial charge >= 0.3 is 0 Å². The van der Waals surface area contributed by atoms with E-state index in [9.17, 15) is 0 Å². The van der Waals surface area contributed by atoms with E-state index in [0.717, 1.165) is 5.92 Å². The predicted octanol–water partition coefficient (Wildman–Crippen LogP) is 6.17. The molecule has 2 unspecified atom stereocenters. The van der Waals surface area contributed by atoms with Gasteiger partial charge in [0.25, 0.3) is 0 Å². The molecule has 2 atom stereocenters. The molecule has 22 heavy (non-hydrogen) atoms. The van der Waals surface area contributed by atoms with E-state index in [4.69, 9.17) is 0 Å². The lowest BCUT2D eigenvalue weighted by molar-refractivity contribution is 0.232. The smallest absolute Gasteiger partial charge is 0.000912 e. The van der Waals surface area contributed by atoms with Crippen molar-refractivity contribution in [3.8, 4) is 0 Å². The molecule has 1 fully saturated rings. The predicted molar refractivity (Wildman–Crippen MR) is 94.6 cm³/mol. The molecule has 2 aliphatic carbocycles. The number of hydrogen-bond donors (Lipinski definition) is 0. The van der Waals surface area contributed by atoms with E-state index in [-0.39, 0.29) is 0 Å². The summed E-state index contributed by atoms with van der Waals surface area (Å²) < 4.78 is 0. The highest BCUT2D eigenvalue weighted by molar-refractivity contribution is 6.09. The van der Waals surface area contributed by atoms with Crippen molar-refractivity contribution in [2.24, 2.45) is 5.41 Å². The zero-order valence-electron chi connectivity index (χ0n) is 13.6. The summed E-state index contributed by atoms with van der Waals surface area (Å²) in [6.45, 7) is 7.47. The standard InChI is InChI=1S/C22H22/c1-21(2)19-12-13-22(21,3)20-17-9-8-14-6-4-5-7-15(14)16(17)10-11-18(19)20/h4-11,19H,12-13H2,1-3H3. The van der Waals surface area contributed by atoms with Crippen LogP contribution in [0.25, 0.3) is 21.5 Å². The van der Waals surface area contributed by atoms with Crippen molar-refractivity contribution in [1.82, 2.24) is 0 Å². The molecule has 0 aromatic heterocycles. The molecule has 0 radical (unpaired) electrons. The van der Waals surface area contributed by atoms with E-state index < -0.39 is 0 Å². The lowest BCUT2D eigenvalue weighted by Crippen LogP contribution is -2.31. The molecule has 1 saturated carbocycles. The van der Waals surface area contributed by atoms with Gasteiger partial charge in [0.1, 0.15) is 0 Å². The minimum absolute atomic E-state index is 0.328. The normalized spacial score (nSPS) is 28.4. The molecule has 0 heterocycles. The third kappa shape index (κ3) is 1.23. The van der Waals surface area contributed by atoms with E-state index in [1.807, 2.05) is 0 Å². The van der Waals surface area contributed by atoms with Crippen LogP contribution in [0.4, 0.5) is 0 Å². The van der Waals surface area contributed by atoms with Crippen LogP contribution in [-0.4, -0.2) is 0 Å². The first-order chi connectivity index (χ1) is 10.5. The van der Waals surface area contributed by atoms with Gasteiger partial charge in [-0.2, -0.15) is 0 Å². The number of fused-ring (bicyclic) bond motifs is 9. The number of hydrogen-bond acceptors (Lipinski definition) is 0. The van der Waals surface area contributed by atoms with Crippen molar-refractivity contribution < 1.29 is 0 Å². The average Bonchev–Trinajstić information content (AvgIpc) is 2.86. The van der Waals surface area contributed by atoms with Gasteiger partial charge in [0.2, 0.25) is 0 Å². The Bertz CT molecular complexity index is 931. The van der Waals surface area contributed by atoms with Crippen LogP contribution in [0.3, 0.4) is 0 Å². The molecular weight excluding hydrogens is 264 g/mol. The molecule has 0 amide bonds. The molecule has 0 aliphatic heterocycles. The quantitative estimate of drug-likeness (QED) is 0.434. The first-order valence-electron chi connectivity index (χ1n) is 8.49. The zero-order chi connectivity index (χ0) is 15.1. The topological polar surface area (TPSA) is 0 Å². The van der Waals surface area contributed by atoms with Crippen LogP contribution < -0.4 is 0 Å². The van der Waals surface area contributed by atoms with E-state index in [2.05, 4.69) is 69.3 Å². The van der Waals surface area contributed by atoms with Gasteiger partial charge in [-0.15, -0.1) is 0 Å². The van der Waals surface area contributed by atoms with Crippen LogP contribution in [0.15, 0.2) is 48.5 Å². The molecule has 0 nitrogen and oxygen atoms in total. The summed E-state index contributed by atoms with van der Waals surface area (Å²) in [6.07, 6.45) is 2.69. The van der Waals surface area contributed by atoms with Crippen LogP contribution in [0, 0.1) is 5.41 Å². The molecule has 2 bridgehead atoms. The van der Waals surface area contributed by atoms with Crippen molar-refractivity contribution >= 4 is 21.5 Å². The summed E-state index contributed by atoms with van der Waals surface area (Å²) in [7, 11) is 0. The highest BCUT2D eigenvalue weighted by atomic mass is 14.6. The van der Waals surface area contributed by atoms with Crippen LogP contribution in [0.2, 0.25) is 0 Å².